The van der Waals surface area contributed by atoms with Gasteiger partial charge in [0.1, 0.15) is 5.82 Å². The summed E-state index contributed by atoms with van der Waals surface area (Å²) in [7, 11) is 0. The van der Waals surface area contributed by atoms with E-state index < -0.39 is 11.1 Å². The predicted octanol–water partition coefficient (Wildman–Crippen LogP) is 5.59. The van der Waals surface area contributed by atoms with Crippen LogP contribution in [0.5, 0.6) is 0 Å². The van der Waals surface area contributed by atoms with Crippen molar-refractivity contribution in [3.05, 3.63) is 84.7 Å². The van der Waals surface area contributed by atoms with Gasteiger partial charge in [0, 0.05) is 10.9 Å². The Kier molecular flexibility index (Phi) is 5.75. The van der Waals surface area contributed by atoms with Crippen molar-refractivity contribution in [2.75, 3.05) is 5.32 Å². The second-order valence-corrected chi connectivity index (χ2v) is 8.60. The minimum absolute atomic E-state index is 0.158. The van der Waals surface area contributed by atoms with E-state index in [0.717, 1.165) is 16.5 Å². The van der Waals surface area contributed by atoms with E-state index >= 15 is 0 Å². The first-order valence-corrected chi connectivity index (χ1v) is 11.4. The number of amides is 1. The molecule has 164 valence electrons. The van der Waals surface area contributed by atoms with Crippen molar-refractivity contribution in [1.29, 1.82) is 0 Å². The Morgan fingerprint density at radius 2 is 1.73 bits per heavy atom. The molecule has 8 heteroatoms. The van der Waals surface area contributed by atoms with Gasteiger partial charge in [-0.1, -0.05) is 73.3 Å². The number of thioether (sulfide) groups is 1. The van der Waals surface area contributed by atoms with Crippen LogP contribution in [0.2, 0.25) is 0 Å². The lowest BCUT2D eigenvalue weighted by Gasteiger charge is -2.15. The van der Waals surface area contributed by atoms with Crippen LogP contribution in [0.3, 0.4) is 0 Å². The van der Waals surface area contributed by atoms with Crippen molar-refractivity contribution in [2.45, 2.75) is 23.8 Å². The maximum atomic E-state index is 14.0. The minimum Gasteiger partial charge on any atom is -0.323 e. The standard InChI is InChI=1S/C25H20FN5OS/c1-2-21(24(32)27-20-15-9-7-13-18(20)26)33-25-28-19-14-8-6-12-17(19)23-29-22(30-31(23)25)16-10-4-3-5-11-16/h3-15,21H,2H2,1H3,(H,27,32)/t21-/m0/s1. The Labute approximate surface area is 193 Å². The summed E-state index contributed by atoms with van der Waals surface area (Å²) in [5.41, 5.74) is 2.49. The molecule has 0 aliphatic carbocycles. The van der Waals surface area contributed by atoms with E-state index in [9.17, 15) is 9.18 Å². The fourth-order valence-corrected chi connectivity index (χ4v) is 4.51. The zero-order valence-corrected chi connectivity index (χ0v) is 18.6. The molecule has 3 aromatic carbocycles. The predicted molar refractivity (Wildman–Crippen MR) is 129 cm³/mol. The fraction of sp³-hybridized carbons (Fsp3) is 0.120. The second kappa shape index (κ2) is 8.99. The molecule has 2 heterocycles. The molecule has 0 bridgehead atoms. The highest BCUT2D eigenvalue weighted by molar-refractivity contribution is 8.00. The number of halogens is 1. The lowest BCUT2D eigenvalue weighted by molar-refractivity contribution is -0.115. The number of anilines is 1. The van der Waals surface area contributed by atoms with Gasteiger partial charge in [-0.25, -0.2) is 14.4 Å². The van der Waals surface area contributed by atoms with Crippen LogP contribution in [0.15, 0.2) is 84.0 Å². The average molecular weight is 458 g/mol. The van der Waals surface area contributed by atoms with E-state index in [0.29, 0.717) is 23.0 Å². The maximum Gasteiger partial charge on any atom is 0.238 e. The number of carbonyl (C=O) groups excluding carboxylic acids is 1. The Hall–Kier alpha value is -3.78. The zero-order valence-electron chi connectivity index (χ0n) is 17.8. The van der Waals surface area contributed by atoms with Gasteiger partial charge in [-0.05, 0) is 30.7 Å². The molecule has 1 atom stereocenters. The number of hydrogen-bond acceptors (Lipinski definition) is 5. The summed E-state index contributed by atoms with van der Waals surface area (Å²) in [6.45, 7) is 1.91. The van der Waals surface area contributed by atoms with Crippen molar-refractivity contribution < 1.29 is 9.18 Å². The second-order valence-electron chi connectivity index (χ2n) is 7.43. The van der Waals surface area contributed by atoms with Gasteiger partial charge in [0.15, 0.2) is 16.6 Å². The molecule has 0 saturated heterocycles. The molecule has 0 radical (unpaired) electrons. The first kappa shape index (κ1) is 21.1. The topological polar surface area (TPSA) is 72.2 Å². The van der Waals surface area contributed by atoms with E-state index in [1.165, 1.54) is 17.8 Å². The van der Waals surface area contributed by atoms with Gasteiger partial charge in [0.05, 0.1) is 16.5 Å². The monoisotopic (exact) mass is 457 g/mol. The number of fused-ring (bicyclic) bond motifs is 3. The summed E-state index contributed by atoms with van der Waals surface area (Å²) in [6, 6.07) is 23.6. The molecule has 0 aliphatic rings. The van der Waals surface area contributed by atoms with Crippen LogP contribution >= 0.6 is 11.8 Å². The number of benzene rings is 3. The van der Waals surface area contributed by atoms with Gasteiger partial charge in [0.2, 0.25) is 5.91 Å². The molecule has 6 nitrogen and oxygen atoms in total. The molecule has 1 N–H and O–H groups in total. The fourth-order valence-electron chi connectivity index (χ4n) is 3.54. The van der Waals surface area contributed by atoms with E-state index in [1.54, 1.807) is 22.7 Å². The summed E-state index contributed by atoms with van der Waals surface area (Å²) in [6.07, 6.45) is 0.529. The highest BCUT2D eigenvalue weighted by atomic mass is 32.2. The third-order valence-corrected chi connectivity index (χ3v) is 6.53. The number of carbonyl (C=O) groups is 1. The summed E-state index contributed by atoms with van der Waals surface area (Å²) in [5.74, 6) is -0.181. The number of para-hydroxylation sites is 2. The number of rotatable bonds is 6. The van der Waals surface area contributed by atoms with Crippen LogP contribution < -0.4 is 5.32 Å². The molecule has 5 rings (SSSR count). The number of aromatic nitrogens is 4. The lowest BCUT2D eigenvalue weighted by atomic mass is 10.2. The van der Waals surface area contributed by atoms with Gasteiger partial charge in [-0.15, -0.1) is 5.10 Å². The highest BCUT2D eigenvalue weighted by Crippen LogP contribution is 2.30. The molecule has 1 amide bonds. The third-order valence-electron chi connectivity index (χ3n) is 5.22. The van der Waals surface area contributed by atoms with Crippen LogP contribution in [0.25, 0.3) is 27.9 Å². The summed E-state index contributed by atoms with van der Waals surface area (Å²) in [5, 5.41) is 8.33. The Balaban J connectivity index is 1.55. The largest absolute Gasteiger partial charge is 0.323 e. The van der Waals surface area contributed by atoms with Crippen LogP contribution in [0, 0.1) is 5.82 Å². The van der Waals surface area contributed by atoms with Gasteiger partial charge in [-0.3, -0.25) is 4.79 Å². The molecule has 0 saturated carbocycles. The number of nitrogens with zero attached hydrogens (tertiary/aromatic N) is 4. The number of hydrogen-bond donors (Lipinski definition) is 1. The zero-order chi connectivity index (χ0) is 22.8. The summed E-state index contributed by atoms with van der Waals surface area (Å²) < 4.78 is 15.7. The van der Waals surface area contributed by atoms with E-state index in [1.807, 2.05) is 61.5 Å². The Bertz CT molecular complexity index is 1450. The van der Waals surface area contributed by atoms with Crippen LogP contribution in [-0.4, -0.2) is 30.7 Å². The maximum absolute atomic E-state index is 14.0. The minimum atomic E-state index is -0.495. The smallest absolute Gasteiger partial charge is 0.238 e. The van der Waals surface area contributed by atoms with Gasteiger partial charge in [0.25, 0.3) is 0 Å². The van der Waals surface area contributed by atoms with Gasteiger partial charge in [-0.2, -0.15) is 4.52 Å². The van der Waals surface area contributed by atoms with Crippen molar-refractivity contribution in [3.63, 3.8) is 0 Å². The Morgan fingerprint density at radius 1 is 1.00 bits per heavy atom. The molecular formula is C25H20FN5OS. The molecule has 5 aromatic rings. The van der Waals surface area contributed by atoms with Crippen LogP contribution in [0.4, 0.5) is 10.1 Å². The van der Waals surface area contributed by atoms with Crippen molar-refractivity contribution in [1.82, 2.24) is 19.6 Å². The third kappa shape index (κ3) is 4.17. The highest BCUT2D eigenvalue weighted by Gasteiger charge is 2.23. The van der Waals surface area contributed by atoms with Gasteiger partial charge < -0.3 is 5.32 Å². The molecule has 0 unspecified atom stereocenters. The quantitative estimate of drug-likeness (QED) is 0.266. The normalized spacial score (nSPS) is 12.2. The first-order valence-electron chi connectivity index (χ1n) is 10.6. The molecular weight excluding hydrogens is 437 g/mol. The van der Waals surface area contributed by atoms with E-state index in [4.69, 9.17) is 15.1 Å². The average Bonchev–Trinajstić information content (AvgIpc) is 3.30. The molecule has 2 aromatic heterocycles. The first-order chi connectivity index (χ1) is 16.1. The van der Waals surface area contributed by atoms with E-state index in [-0.39, 0.29) is 11.6 Å². The van der Waals surface area contributed by atoms with E-state index in [2.05, 4.69) is 5.32 Å². The summed E-state index contributed by atoms with van der Waals surface area (Å²) in [4.78, 5) is 22.5. The van der Waals surface area contributed by atoms with Gasteiger partial charge >= 0.3 is 0 Å². The SMILES string of the molecule is CC[C@H](Sc1nc2ccccc2c2nc(-c3ccccc3)nn12)C(=O)Nc1ccccc1F. The molecule has 0 fully saturated rings. The molecule has 0 aliphatic heterocycles. The van der Waals surface area contributed by atoms with Crippen molar-refractivity contribution >= 4 is 39.9 Å². The summed E-state index contributed by atoms with van der Waals surface area (Å²) >= 11 is 1.29. The lowest BCUT2D eigenvalue weighted by Crippen LogP contribution is -2.25. The molecule has 33 heavy (non-hydrogen) atoms. The number of nitrogens with one attached hydrogen (secondary N) is 1. The van der Waals surface area contributed by atoms with Crippen LogP contribution in [0.1, 0.15) is 13.3 Å². The van der Waals surface area contributed by atoms with Crippen LogP contribution in [-0.2, 0) is 4.79 Å². The van der Waals surface area contributed by atoms with Crippen molar-refractivity contribution in [3.8, 4) is 11.4 Å². The van der Waals surface area contributed by atoms with Crippen molar-refractivity contribution in [2.24, 2.45) is 0 Å². The molecule has 0 spiro atoms. The Morgan fingerprint density at radius 3 is 2.52 bits per heavy atom.